The average molecular weight is 305 g/mol. The number of oxazole rings is 1. The quantitative estimate of drug-likeness (QED) is 0.555. The van der Waals surface area contributed by atoms with E-state index in [0.717, 1.165) is 5.56 Å². The van der Waals surface area contributed by atoms with Crippen LogP contribution in [-0.4, -0.2) is 21.6 Å². The maximum Gasteiger partial charge on any atom is 0.295 e. The molecule has 1 unspecified atom stereocenters. The summed E-state index contributed by atoms with van der Waals surface area (Å²) in [5.74, 6) is 0. The first-order chi connectivity index (χ1) is 10.1. The molecular formula is C13H11N3O4S. The summed E-state index contributed by atoms with van der Waals surface area (Å²) in [6, 6.07) is 6.27. The largest absolute Gasteiger partial charge is 0.424 e. The Bertz CT molecular complexity index is 769. The summed E-state index contributed by atoms with van der Waals surface area (Å²) in [5, 5.41) is 27.3. The lowest BCUT2D eigenvalue weighted by Crippen LogP contribution is -2.11. The van der Waals surface area contributed by atoms with Crippen molar-refractivity contribution in [1.82, 2.24) is 4.98 Å². The van der Waals surface area contributed by atoms with Crippen molar-refractivity contribution in [3.63, 3.8) is 0 Å². The normalized spacial score (nSPS) is 12.4. The van der Waals surface area contributed by atoms with Crippen molar-refractivity contribution >= 4 is 34.1 Å². The van der Waals surface area contributed by atoms with Gasteiger partial charge in [-0.25, -0.2) is 0 Å². The van der Waals surface area contributed by atoms with E-state index in [1.807, 2.05) is 16.8 Å². The number of benzene rings is 1. The molecule has 1 aromatic carbocycles. The molecule has 1 atom stereocenters. The molecular weight excluding hydrogens is 294 g/mol. The number of anilines is 1. The molecule has 0 fully saturated rings. The lowest BCUT2D eigenvalue weighted by molar-refractivity contribution is -0.384. The third-order valence-electron chi connectivity index (χ3n) is 2.96. The summed E-state index contributed by atoms with van der Waals surface area (Å²) in [5.41, 5.74) is 1.63. The van der Waals surface area contributed by atoms with Gasteiger partial charge >= 0.3 is 0 Å². The van der Waals surface area contributed by atoms with E-state index in [4.69, 9.17) is 4.42 Å². The Balaban J connectivity index is 1.74. The summed E-state index contributed by atoms with van der Waals surface area (Å²) < 4.78 is 5.42. The Morgan fingerprint density at radius 1 is 1.48 bits per heavy atom. The minimum Gasteiger partial charge on any atom is -0.424 e. The fraction of sp³-hybridized carbons (Fsp3) is 0.154. The molecule has 0 radical (unpaired) electrons. The van der Waals surface area contributed by atoms with E-state index >= 15 is 0 Å². The van der Waals surface area contributed by atoms with Gasteiger partial charge in [0.05, 0.1) is 11.0 Å². The molecule has 21 heavy (non-hydrogen) atoms. The second kappa shape index (κ2) is 5.51. The van der Waals surface area contributed by atoms with E-state index in [-0.39, 0.29) is 18.2 Å². The first-order valence-corrected chi connectivity index (χ1v) is 7.07. The Hall–Kier alpha value is -2.45. The molecule has 2 aromatic heterocycles. The van der Waals surface area contributed by atoms with Gasteiger partial charge in [-0.2, -0.15) is 16.3 Å². The third kappa shape index (κ3) is 2.86. The van der Waals surface area contributed by atoms with Crippen LogP contribution in [0.15, 0.2) is 39.4 Å². The highest BCUT2D eigenvalue weighted by atomic mass is 32.1. The van der Waals surface area contributed by atoms with Gasteiger partial charge in [-0.05, 0) is 28.5 Å². The number of non-ortho nitro benzene ring substituents is 1. The zero-order valence-electron chi connectivity index (χ0n) is 10.7. The Morgan fingerprint density at radius 3 is 3.05 bits per heavy atom. The van der Waals surface area contributed by atoms with Crippen LogP contribution in [0.25, 0.3) is 11.1 Å². The average Bonchev–Trinajstić information content (AvgIpc) is 3.12. The highest BCUT2D eigenvalue weighted by Gasteiger charge is 2.13. The lowest BCUT2D eigenvalue weighted by atomic mass is 10.2. The number of nitrogens with zero attached hydrogens (tertiary/aromatic N) is 2. The number of rotatable bonds is 5. The van der Waals surface area contributed by atoms with Crippen LogP contribution in [0.2, 0.25) is 0 Å². The van der Waals surface area contributed by atoms with Crippen LogP contribution < -0.4 is 5.32 Å². The fourth-order valence-corrected chi connectivity index (χ4v) is 2.58. The van der Waals surface area contributed by atoms with Gasteiger partial charge in [0.1, 0.15) is 5.52 Å². The molecule has 8 heteroatoms. The van der Waals surface area contributed by atoms with Gasteiger partial charge in [-0.1, -0.05) is 0 Å². The molecule has 3 aromatic rings. The molecule has 2 N–H and O–H groups in total. The van der Waals surface area contributed by atoms with Crippen LogP contribution in [0.5, 0.6) is 0 Å². The van der Waals surface area contributed by atoms with E-state index in [1.165, 1.54) is 29.5 Å². The Kier molecular flexibility index (Phi) is 3.55. The number of hydrogen-bond donors (Lipinski definition) is 2. The van der Waals surface area contributed by atoms with E-state index < -0.39 is 11.0 Å². The van der Waals surface area contributed by atoms with Crippen LogP contribution in [0.3, 0.4) is 0 Å². The van der Waals surface area contributed by atoms with Crippen LogP contribution in [0, 0.1) is 10.1 Å². The van der Waals surface area contributed by atoms with Gasteiger partial charge in [-0.15, -0.1) is 0 Å². The first-order valence-electron chi connectivity index (χ1n) is 6.12. The minimum atomic E-state index is -0.666. The molecule has 108 valence electrons. The summed E-state index contributed by atoms with van der Waals surface area (Å²) in [6.45, 7) is 0.242. The monoisotopic (exact) mass is 305 g/mol. The molecule has 0 aliphatic heterocycles. The van der Waals surface area contributed by atoms with Crippen molar-refractivity contribution in [3.05, 3.63) is 50.7 Å². The number of aliphatic hydroxyl groups excluding tert-OH is 1. The zero-order valence-corrected chi connectivity index (χ0v) is 11.5. The molecule has 0 saturated heterocycles. The van der Waals surface area contributed by atoms with Gasteiger partial charge < -0.3 is 14.8 Å². The molecule has 7 nitrogen and oxygen atoms in total. The maximum atomic E-state index is 10.7. The predicted octanol–water partition coefficient (Wildman–Crippen LogP) is 2.94. The smallest absolute Gasteiger partial charge is 0.295 e. The molecule has 0 saturated carbocycles. The molecule has 0 aliphatic rings. The fourth-order valence-electron chi connectivity index (χ4n) is 1.87. The van der Waals surface area contributed by atoms with E-state index in [2.05, 4.69) is 10.3 Å². The van der Waals surface area contributed by atoms with Gasteiger partial charge in [-0.3, -0.25) is 10.1 Å². The van der Waals surface area contributed by atoms with Crippen molar-refractivity contribution < 1.29 is 14.4 Å². The first kappa shape index (κ1) is 13.5. The van der Waals surface area contributed by atoms with Crippen molar-refractivity contribution in [2.24, 2.45) is 0 Å². The number of fused-ring (bicyclic) bond motifs is 1. The van der Waals surface area contributed by atoms with Crippen LogP contribution in [0.1, 0.15) is 11.7 Å². The summed E-state index contributed by atoms with van der Waals surface area (Å²) in [6.07, 6.45) is -0.666. The number of thiophene rings is 1. The third-order valence-corrected chi connectivity index (χ3v) is 3.66. The van der Waals surface area contributed by atoms with Crippen molar-refractivity contribution in [2.45, 2.75) is 6.10 Å². The van der Waals surface area contributed by atoms with Crippen molar-refractivity contribution in [1.29, 1.82) is 0 Å². The van der Waals surface area contributed by atoms with Gasteiger partial charge in [0, 0.05) is 18.7 Å². The maximum absolute atomic E-state index is 10.7. The second-order valence-electron chi connectivity index (χ2n) is 4.38. The van der Waals surface area contributed by atoms with Crippen molar-refractivity contribution in [2.75, 3.05) is 11.9 Å². The highest BCUT2D eigenvalue weighted by molar-refractivity contribution is 7.07. The van der Waals surface area contributed by atoms with Crippen LogP contribution >= 0.6 is 11.3 Å². The molecule has 0 aliphatic carbocycles. The molecule has 0 bridgehead atoms. The number of nitro groups is 1. The van der Waals surface area contributed by atoms with Crippen LogP contribution in [-0.2, 0) is 0 Å². The van der Waals surface area contributed by atoms with Gasteiger partial charge in [0.2, 0.25) is 0 Å². The molecule has 3 rings (SSSR count). The Labute approximate surface area is 123 Å². The van der Waals surface area contributed by atoms with Crippen LogP contribution in [0.4, 0.5) is 11.7 Å². The SMILES string of the molecule is O=[N+]([O-])c1ccc2oc(NCC(O)c3ccsc3)nc2c1. The van der Waals surface area contributed by atoms with E-state index in [9.17, 15) is 15.2 Å². The number of nitro benzene ring substituents is 1. The van der Waals surface area contributed by atoms with E-state index in [1.54, 1.807) is 0 Å². The summed E-state index contributed by atoms with van der Waals surface area (Å²) in [4.78, 5) is 14.3. The standard InChI is InChI=1S/C13H11N3O4S/c17-11(8-3-4-21-7-8)6-14-13-15-10-5-9(16(18)19)1-2-12(10)20-13/h1-5,7,11,17H,6H2,(H,14,15). The molecule has 0 amide bonds. The van der Waals surface area contributed by atoms with E-state index in [0.29, 0.717) is 11.1 Å². The minimum absolute atomic E-state index is 0.0411. The predicted molar refractivity (Wildman–Crippen MR) is 78.4 cm³/mol. The summed E-state index contributed by atoms with van der Waals surface area (Å²) >= 11 is 1.51. The lowest BCUT2D eigenvalue weighted by Gasteiger charge is -2.08. The Morgan fingerprint density at radius 2 is 2.33 bits per heavy atom. The summed E-state index contributed by atoms with van der Waals surface area (Å²) in [7, 11) is 0. The van der Waals surface area contributed by atoms with Crippen molar-refractivity contribution in [3.8, 4) is 0 Å². The number of nitrogens with one attached hydrogen (secondary N) is 1. The molecule has 2 heterocycles. The number of hydrogen-bond acceptors (Lipinski definition) is 7. The van der Waals surface area contributed by atoms with Gasteiger partial charge in [0.25, 0.3) is 11.7 Å². The highest BCUT2D eigenvalue weighted by Crippen LogP contribution is 2.24. The topological polar surface area (TPSA) is 101 Å². The van der Waals surface area contributed by atoms with Gasteiger partial charge in [0.15, 0.2) is 5.58 Å². The number of aromatic nitrogens is 1. The number of aliphatic hydroxyl groups is 1. The molecule has 0 spiro atoms. The second-order valence-corrected chi connectivity index (χ2v) is 5.16. The zero-order chi connectivity index (χ0) is 14.8.